The number of esters is 1. The fourth-order valence-electron chi connectivity index (χ4n) is 1.69. The van der Waals surface area contributed by atoms with Crippen LogP contribution in [0, 0.1) is 0 Å². The van der Waals surface area contributed by atoms with Crippen molar-refractivity contribution in [2.45, 2.75) is 0 Å². The minimum Gasteiger partial charge on any atom is -0.465 e. The minimum absolute atomic E-state index is 0.260. The average Bonchev–Trinajstić information content (AvgIpc) is 2.91. The number of hydrogen-bond acceptors (Lipinski definition) is 4. The minimum atomic E-state index is -0.413. The number of aryl methyl sites for hydroxylation is 1. The number of carbonyl (C=O) groups is 2. The first-order valence-corrected chi connectivity index (χ1v) is 6.24. The number of rotatable bonds is 4. The van der Waals surface area contributed by atoms with Gasteiger partial charge in [-0.1, -0.05) is 0 Å². The standard InChI is InChI=1S/C15H15N3O3/c1-18-10-11(9-16-18)3-8-14(19)17-13-6-4-12(5-7-13)15(20)21-2/h3-10H,1-2H3,(H,17,19)/b8-3+. The lowest BCUT2D eigenvalue weighted by molar-refractivity contribution is -0.111. The highest BCUT2D eigenvalue weighted by Gasteiger charge is 2.05. The predicted octanol–water partition coefficient (Wildman–Crippen LogP) is 1.86. The molecule has 0 atom stereocenters. The zero-order valence-electron chi connectivity index (χ0n) is 11.7. The van der Waals surface area contributed by atoms with E-state index in [4.69, 9.17) is 0 Å². The largest absolute Gasteiger partial charge is 0.465 e. The summed E-state index contributed by atoms with van der Waals surface area (Å²) in [4.78, 5) is 23.0. The Labute approximate surface area is 122 Å². The van der Waals surface area contributed by atoms with Crippen LogP contribution in [-0.2, 0) is 16.6 Å². The van der Waals surface area contributed by atoms with Crippen LogP contribution in [-0.4, -0.2) is 28.8 Å². The first kappa shape index (κ1) is 14.5. The summed E-state index contributed by atoms with van der Waals surface area (Å²) in [6.45, 7) is 0. The zero-order chi connectivity index (χ0) is 15.2. The number of anilines is 1. The topological polar surface area (TPSA) is 73.2 Å². The lowest BCUT2D eigenvalue weighted by atomic mass is 10.2. The highest BCUT2D eigenvalue weighted by atomic mass is 16.5. The number of amides is 1. The number of carbonyl (C=O) groups excluding carboxylic acids is 2. The quantitative estimate of drug-likeness (QED) is 0.687. The Morgan fingerprint density at radius 2 is 2.00 bits per heavy atom. The van der Waals surface area contributed by atoms with Gasteiger partial charge < -0.3 is 10.1 Å². The van der Waals surface area contributed by atoms with Gasteiger partial charge in [0.1, 0.15) is 0 Å². The van der Waals surface area contributed by atoms with Crippen LogP contribution < -0.4 is 5.32 Å². The summed E-state index contributed by atoms with van der Waals surface area (Å²) in [5.41, 5.74) is 1.87. The molecule has 0 aliphatic carbocycles. The summed E-state index contributed by atoms with van der Waals surface area (Å²) < 4.78 is 6.26. The van der Waals surface area contributed by atoms with Crippen molar-refractivity contribution in [2.75, 3.05) is 12.4 Å². The zero-order valence-corrected chi connectivity index (χ0v) is 11.7. The van der Waals surface area contributed by atoms with E-state index in [1.54, 1.807) is 54.5 Å². The highest BCUT2D eigenvalue weighted by molar-refractivity contribution is 6.02. The number of methoxy groups -OCH3 is 1. The monoisotopic (exact) mass is 285 g/mol. The molecule has 108 valence electrons. The Kier molecular flexibility index (Phi) is 4.50. The molecule has 2 rings (SSSR count). The molecule has 0 unspecified atom stereocenters. The smallest absolute Gasteiger partial charge is 0.337 e. The maximum absolute atomic E-state index is 11.8. The molecule has 0 aliphatic heterocycles. The fourth-order valence-corrected chi connectivity index (χ4v) is 1.69. The van der Waals surface area contributed by atoms with Gasteiger partial charge in [-0.15, -0.1) is 0 Å². The van der Waals surface area contributed by atoms with E-state index in [9.17, 15) is 9.59 Å². The number of aromatic nitrogens is 2. The third-order valence-corrected chi connectivity index (χ3v) is 2.73. The molecule has 0 aliphatic rings. The van der Waals surface area contributed by atoms with E-state index in [0.29, 0.717) is 11.3 Å². The average molecular weight is 285 g/mol. The number of hydrogen-bond donors (Lipinski definition) is 1. The van der Waals surface area contributed by atoms with Crippen molar-refractivity contribution >= 4 is 23.6 Å². The van der Waals surface area contributed by atoms with Crippen LogP contribution in [0.4, 0.5) is 5.69 Å². The molecular formula is C15H15N3O3. The third kappa shape index (κ3) is 4.04. The van der Waals surface area contributed by atoms with Crippen LogP contribution in [0.25, 0.3) is 6.08 Å². The van der Waals surface area contributed by atoms with Crippen LogP contribution in [0.3, 0.4) is 0 Å². The Bertz CT molecular complexity index is 672. The Hall–Kier alpha value is -2.89. The molecular weight excluding hydrogens is 270 g/mol. The van der Waals surface area contributed by atoms with Gasteiger partial charge >= 0.3 is 5.97 Å². The fraction of sp³-hybridized carbons (Fsp3) is 0.133. The van der Waals surface area contributed by atoms with Gasteiger partial charge in [0.25, 0.3) is 0 Å². The molecule has 21 heavy (non-hydrogen) atoms. The van der Waals surface area contributed by atoms with Gasteiger partial charge in [0.15, 0.2) is 0 Å². The van der Waals surface area contributed by atoms with Crippen molar-refractivity contribution in [1.29, 1.82) is 0 Å². The maximum Gasteiger partial charge on any atom is 0.337 e. The molecule has 1 heterocycles. The summed E-state index contributed by atoms with van der Waals surface area (Å²) in [6, 6.07) is 6.46. The van der Waals surface area contributed by atoms with Crippen molar-refractivity contribution < 1.29 is 14.3 Å². The first-order chi connectivity index (χ1) is 10.1. The van der Waals surface area contributed by atoms with E-state index in [1.807, 2.05) is 0 Å². The van der Waals surface area contributed by atoms with E-state index in [2.05, 4.69) is 15.2 Å². The lowest BCUT2D eigenvalue weighted by Crippen LogP contribution is -2.08. The molecule has 6 nitrogen and oxygen atoms in total. The molecule has 1 aromatic carbocycles. The molecule has 2 aromatic rings. The SMILES string of the molecule is COC(=O)c1ccc(NC(=O)/C=C/c2cnn(C)c2)cc1. The normalized spacial score (nSPS) is 10.6. The molecule has 1 aromatic heterocycles. The molecule has 1 amide bonds. The Balaban J connectivity index is 1.96. The van der Waals surface area contributed by atoms with E-state index in [0.717, 1.165) is 5.56 Å². The molecule has 0 bridgehead atoms. The van der Waals surface area contributed by atoms with Crippen molar-refractivity contribution in [2.24, 2.45) is 7.05 Å². The summed E-state index contributed by atoms with van der Waals surface area (Å²) in [7, 11) is 3.13. The number of ether oxygens (including phenoxy) is 1. The summed E-state index contributed by atoms with van der Waals surface area (Å²) in [6.07, 6.45) is 6.56. The lowest BCUT2D eigenvalue weighted by Gasteiger charge is -2.03. The van der Waals surface area contributed by atoms with Crippen molar-refractivity contribution in [3.8, 4) is 0 Å². The summed E-state index contributed by atoms with van der Waals surface area (Å²) >= 11 is 0. The molecule has 0 saturated heterocycles. The molecule has 0 radical (unpaired) electrons. The molecule has 1 N–H and O–H groups in total. The second-order valence-corrected chi connectivity index (χ2v) is 4.34. The van der Waals surface area contributed by atoms with Crippen LogP contribution in [0.5, 0.6) is 0 Å². The van der Waals surface area contributed by atoms with Gasteiger partial charge in [-0.3, -0.25) is 9.48 Å². The van der Waals surface area contributed by atoms with Crippen LogP contribution in [0.1, 0.15) is 15.9 Å². The van der Waals surface area contributed by atoms with Crippen molar-refractivity contribution in [3.63, 3.8) is 0 Å². The number of benzene rings is 1. The van der Waals surface area contributed by atoms with Gasteiger partial charge in [0.05, 0.1) is 18.9 Å². The van der Waals surface area contributed by atoms with E-state index >= 15 is 0 Å². The second kappa shape index (κ2) is 6.51. The van der Waals surface area contributed by atoms with Gasteiger partial charge in [-0.05, 0) is 30.3 Å². The van der Waals surface area contributed by atoms with E-state index in [-0.39, 0.29) is 5.91 Å². The van der Waals surface area contributed by atoms with E-state index < -0.39 is 5.97 Å². The van der Waals surface area contributed by atoms with E-state index in [1.165, 1.54) is 13.2 Å². The Morgan fingerprint density at radius 1 is 1.29 bits per heavy atom. The first-order valence-electron chi connectivity index (χ1n) is 6.24. The molecule has 0 spiro atoms. The van der Waals surface area contributed by atoms with Crippen molar-refractivity contribution in [1.82, 2.24) is 9.78 Å². The van der Waals surface area contributed by atoms with Gasteiger partial charge in [-0.2, -0.15) is 5.10 Å². The van der Waals surface area contributed by atoms with Gasteiger partial charge in [0.2, 0.25) is 5.91 Å². The molecule has 6 heteroatoms. The maximum atomic E-state index is 11.8. The third-order valence-electron chi connectivity index (χ3n) is 2.73. The number of nitrogens with one attached hydrogen (secondary N) is 1. The summed E-state index contributed by atoms with van der Waals surface area (Å²) in [5.74, 6) is -0.672. The molecule has 0 fully saturated rings. The Morgan fingerprint density at radius 3 is 2.57 bits per heavy atom. The van der Waals surface area contributed by atoms with Crippen LogP contribution in [0.2, 0.25) is 0 Å². The van der Waals surface area contributed by atoms with Crippen LogP contribution in [0.15, 0.2) is 42.7 Å². The molecule has 0 saturated carbocycles. The van der Waals surface area contributed by atoms with Gasteiger partial charge in [-0.25, -0.2) is 4.79 Å². The summed E-state index contributed by atoms with van der Waals surface area (Å²) in [5, 5.41) is 6.70. The second-order valence-electron chi connectivity index (χ2n) is 4.34. The highest BCUT2D eigenvalue weighted by Crippen LogP contribution is 2.10. The van der Waals surface area contributed by atoms with Crippen LogP contribution >= 0.6 is 0 Å². The van der Waals surface area contributed by atoms with Crippen molar-refractivity contribution in [3.05, 3.63) is 53.9 Å². The van der Waals surface area contributed by atoms with Gasteiger partial charge in [0, 0.05) is 30.6 Å². The number of nitrogens with zero attached hydrogens (tertiary/aromatic N) is 2. The predicted molar refractivity (Wildman–Crippen MR) is 78.7 cm³/mol.